The van der Waals surface area contributed by atoms with Crippen LogP contribution in [0.5, 0.6) is 23.0 Å². The van der Waals surface area contributed by atoms with Gasteiger partial charge in [0.05, 0.1) is 41.7 Å². The van der Waals surface area contributed by atoms with Crippen LogP contribution in [0.3, 0.4) is 0 Å². The zero-order valence-electron chi connectivity index (χ0n) is 38.1. The Hall–Kier alpha value is -4.64. The standard InChI is InChI=1S/C30H38O3SSi.C24H24O3S/c1-30(2,3)35(6,7)33-19-21-9-8-10-23(17-21)29-26-16-15-25(32-5)18-28(26)34-20-27(29)22-11-13-24(31-4)14-12-22;1-26-19-8-6-17(7-9-19)22-15-28-23-13-20(27-2)10-11-21(23)24(22)18-5-3-4-16(12-18)14-25/h8-18,27,29H,19-20H2,1-7H3;3-13,22,24-25H,14-15H2,1-2H3. The Labute approximate surface area is 384 Å². The van der Waals surface area contributed by atoms with E-state index in [4.69, 9.17) is 23.4 Å². The molecule has 0 saturated carbocycles. The number of aliphatic hydroxyl groups excluding tert-OH is 1. The van der Waals surface area contributed by atoms with Crippen LogP contribution >= 0.6 is 23.5 Å². The average Bonchev–Trinajstić information content (AvgIpc) is 3.32. The van der Waals surface area contributed by atoms with E-state index in [0.717, 1.165) is 40.1 Å². The van der Waals surface area contributed by atoms with Crippen molar-refractivity contribution >= 4 is 31.8 Å². The average molecular weight is 899 g/mol. The highest BCUT2D eigenvalue weighted by Gasteiger charge is 2.38. The van der Waals surface area contributed by atoms with E-state index in [1.165, 1.54) is 48.7 Å². The van der Waals surface area contributed by atoms with Crippen LogP contribution in [0.25, 0.3) is 0 Å². The molecule has 0 saturated heterocycles. The Morgan fingerprint density at radius 2 is 0.937 bits per heavy atom. The molecule has 6 aromatic rings. The van der Waals surface area contributed by atoms with E-state index < -0.39 is 8.32 Å². The van der Waals surface area contributed by atoms with E-state index in [1.54, 1.807) is 28.4 Å². The molecule has 1 N–H and O–H groups in total. The monoisotopic (exact) mass is 898 g/mol. The summed E-state index contributed by atoms with van der Waals surface area (Å²) in [6.07, 6.45) is 0. The topological polar surface area (TPSA) is 66.4 Å². The van der Waals surface area contributed by atoms with E-state index >= 15 is 0 Å². The van der Waals surface area contributed by atoms with Gasteiger partial charge in [0.1, 0.15) is 23.0 Å². The van der Waals surface area contributed by atoms with Crippen LogP contribution in [0.1, 0.15) is 89.0 Å². The zero-order chi connectivity index (χ0) is 44.7. The minimum absolute atomic E-state index is 0.0536. The third-order valence-electron chi connectivity index (χ3n) is 13.0. The maximum atomic E-state index is 9.63. The van der Waals surface area contributed by atoms with Gasteiger partial charge in [-0.05, 0) is 111 Å². The minimum atomic E-state index is -1.82. The van der Waals surface area contributed by atoms with Crippen LogP contribution in [-0.2, 0) is 17.6 Å². The van der Waals surface area contributed by atoms with Crippen molar-refractivity contribution in [3.05, 3.63) is 178 Å². The second kappa shape index (κ2) is 20.5. The number of benzene rings is 6. The molecule has 2 heterocycles. The Morgan fingerprint density at radius 3 is 1.35 bits per heavy atom. The lowest BCUT2D eigenvalue weighted by Gasteiger charge is -2.36. The fraction of sp³-hybridized carbons (Fsp3) is 0.333. The first-order valence-corrected chi connectivity index (χ1v) is 26.6. The van der Waals surface area contributed by atoms with Crippen LogP contribution < -0.4 is 18.9 Å². The lowest BCUT2D eigenvalue weighted by molar-refractivity contribution is 0.276. The fourth-order valence-electron chi connectivity index (χ4n) is 8.38. The van der Waals surface area contributed by atoms with Crippen molar-refractivity contribution < 1.29 is 28.5 Å². The lowest BCUT2D eigenvalue weighted by atomic mass is 9.77. The molecule has 0 aliphatic carbocycles. The second-order valence-electron chi connectivity index (χ2n) is 17.8. The summed E-state index contributed by atoms with van der Waals surface area (Å²) in [7, 11) is 5.03. The van der Waals surface area contributed by atoms with Crippen LogP contribution in [0.15, 0.2) is 143 Å². The molecular formula is C54H62O6S2Si. The molecule has 4 atom stereocenters. The molecule has 330 valence electrons. The summed E-state index contributed by atoms with van der Waals surface area (Å²) in [5.74, 6) is 6.75. The number of thioether (sulfide) groups is 2. The largest absolute Gasteiger partial charge is 0.497 e. The van der Waals surface area contributed by atoms with Crippen LogP contribution in [0.4, 0.5) is 0 Å². The van der Waals surface area contributed by atoms with Gasteiger partial charge in [-0.3, -0.25) is 0 Å². The molecule has 0 fully saturated rings. The molecular weight excluding hydrogens is 837 g/mol. The molecule has 0 spiro atoms. The number of ether oxygens (including phenoxy) is 4. The molecule has 6 nitrogen and oxygen atoms in total. The van der Waals surface area contributed by atoms with Crippen molar-refractivity contribution in [3.8, 4) is 23.0 Å². The van der Waals surface area contributed by atoms with Crippen molar-refractivity contribution in [1.82, 2.24) is 0 Å². The van der Waals surface area contributed by atoms with Crippen molar-refractivity contribution in [2.75, 3.05) is 39.9 Å². The first-order chi connectivity index (χ1) is 30.4. The Balaban J connectivity index is 0.000000193. The molecule has 0 radical (unpaired) electrons. The molecule has 0 amide bonds. The highest BCUT2D eigenvalue weighted by atomic mass is 32.2. The zero-order valence-corrected chi connectivity index (χ0v) is 40.8. The van der Waals surface area contributed by atoms with E-state index in [1.807, 2.05) is 53.9 Å². The summed E-state index contributed by atoms with van der Waals surface area (Å²) in [6.45, 7) is 12.2. The smallest absolute Gasteiger partial charge is 0.192 e. The quantitative estimate of drug-likeness (QED) is 0.122. The van der Waals surface area contributed by atoms with Gasteiger partial charge in [0.2, 0.25) is 0 Å². The van der Waals surface area contributed by atoms with Gasteiger partial charge in [-0.15, -0.1) is 23.5 Å². The van der Waals surface area contributed by atoms with Gasteiger partial charge >= 0.3 is 0 Å². The maximum absolute atomic E-state index is 9.63. The summed E-state index contributed by atoms with van der Waals surface area (Å²) >= 11 is 3.80. The number of hydrogen-bond donors (Lipinski definition) is 1. The lowest BCUT2D eigenvalue weighted by Crippen LogP contribution is -2.40. The second-order valence-corrected chi connectivity index (χ2v) is 24.8. The summed E-state index contributed by atoms with van der Waals surface area (Å²) < 4.78 is 28.3. The predicted molar refractivity (Wildman–Crippen MR) is 263 cm³/mol. The summed E-state index contributed by atoms with van der Waals surface area (Å²) in [4.78, 5) is 2.57. The van der Waals surface area contributed by atoms with Gasteiger partial charge < -0.3 is 28.5 Å². The normalized spacial score (nSPS) is 18.3. The molecule has 0 bridgehead atoms. The number of hydrogen-bond acceptors (Lipinski definition) is 8. The third kappa shape index (κ3) is 10.7. The number of methoxy groups -OCH3 is 4. The summed E-state index contributed by atoms with van der Waals surface area (Å²) in [6, 6.07) is 47.2. The highest BCUT2D eigenvalue weighted by molar-refractivity contribution is 7.99. The maximum Gasteiger partial charge on any atom is 0.192 e. The Morgan fingerprint density at radius 1 is 0.524 bits per heavy atom. The van der Waals surface area contributed by atoms with Crippen molar-refractivity contribution in [1.29, 1.82) is 0 Å². The molecule has 2 aliphatic heterocycles. The SMILES string of the molecule is COc1ccc(C2CSc3cc(OC)ccc3C2c2cccc(CO)c2)cc1.COc1ccc(C2CSc3cc(OC)ccc3C2c2cccc(CO[Si](C)(C)C(C)(C)C)c2)cc1. The van der Waals surface area contributed by atoms with E-state index in [0.29, 0.717) is 18.4 Å². The Bertz CT molecular complexity index is 2450. The molecule has 2 aliphatic rings. The fourth-order valence-corrected chi connectivity index (χ4v) is 11.9. The van der Waals surface area contributed by atoms with E-state index in [2.05, 4.69) is 137 Å². The first kappa shape index (κ1) is 46.4. The number of fused-ring (bicyclic) bond motifs is 2. The predicted octanol–water partition coefficient (Wildman–Crippen LogP) is 13.5. The molecule has 8 rings (SSSR count). The number of aliphatic hydroxyl groups is 1. The van der Waals surface area contributed by atoms with Crippen molar-refractivity contribution in [3.63, 3.8) is 0 Å². The summed E-state index contributed by atoms with van der Waals surface area (Å²) in [5.41, 5.74) is 10.1. The minimum Gasteiger partial charge on any atom is -0.497 e. The van der Waals surface area contributed by atoms with Crippen molar-refractivity contribution in [2.24, 2.45) is 0 Å². The van der Waals surface area contributed by atoms with Gasteiger partial charge in [-0.1, -0.05) is 106 Å². The number of rotatable bonds is 12. The van der Waals surface area contributed by atoms with Gasteiger partial charge in [0.25, 0.3) is 0 Å². The highest BCUT2D eigenvalue weighted by Crippen LogP contribution is 2.52. The van der Waals surface area contributed by atoms with Gasteiger partial charge in [-0.2, -0.15) is 0 Å². The molecule has 4 unspecified atom stereocenters. The van der Waals surface area contributed by atoms with Crippen LogP contribution in [0.2, 0.25) is 18.1 Å². The molecule has 6 aromatic carbocycles. The van der Waals surface area contributed by atoms with Gasteiger partial charge in [0.15, 0.2) is 8.32 Å². The van der Waals surface area contributed by atoms with E-state index in [9.17, 15) is 5.11 Å². The van der Waals surface area contributed by atoms with Gasteiger partial charge in [-0.25, -0.2) is 0 Å². The van der Waals surface area contributed by atoms with Crippen LogP contribution in [-0.4, -0.2) is 53.4 Å². The van der Waals surface area contributed by atoms with Crippen LogP contribution in [0, 0.1) is 0 Å². The first-order valence-electron chi connectivity index (χ1n) is 21.7. The van der Waals surface area contributed by atoms with E-state index in [-0.39, 0.29) is 23.5 Å². The third-order valence-corrected chi connectivity index (χ3v) is 19.9. The Kier molecular flexibility index (Phi) is 15.1. The van der Waals surface area contributed by atoms with Gasteiger partial charge in [0, 0.05) is 45.0 Å². The summed E-state index contributed by atoms with van der Waals surface area (Å²) in [5, 5.41) is 9.83. The molecule has 0 aromatic heterocycles. The molecule has 63 heavy (non-hydrogen) atoms. The van der Waals surface area contributed by atoms with Crippen molar-refractivity contribution in [2.45, 2.75) is 85.6 Å². The molecule has 9 heteroatoms.